The molecule has 0 bridgehead atoms. The van der Waals surface area contributed by atoms with Gasteiger partial charge in [-0.1, -0.05) is 36.8 Å². The molecule has 0 radical (unpaired) electrons. The van der Waals surface area contributed by atoms with Crippen LogP contribution < -0.4 is 5.73 Å². The van der Waals surface area contributed by atoms with Crippen LogP contribution in [0.15, 0.2) is 24.3 Å². The van der Waals surface area contributed by atoms with E-state index in [0.29, 0.717) is 12.5 Å². The molecule has 0 aliphatic carbocycles. The minimum Gasteiger partial charge on any atom is -0.392 e. The van der Waals surface area contributed by atoms with Gasteiger partial charge in [-0.15, -0.1) is 0 Å². The smallest absolute Gasteiger partial charge is 0.0679 e. The molecule has 0 spiro atoms. The summed E-state index contributed by atoms with van der Waals surface area (Å²) in [6.45, 7) is 5.85. The molecule has 1 saturated heterocycles. The minimum atomic E-state index is -0.203. The number of likely N-dealkylation sites (tertiary alicyclic amines) is 1. The Morgan fingerprint density at radius 2 is 2.00 bits per heavy atom. The molecule has 2 rings (SSSR count). The number of hydrogen-bond donors (Lipinski definition) is 2. The summed E-state index contributed by atoms with van der Waals surface area (Å²) in [6, 6.07) is 8.54. The Labute approximate surface area is 103 Å². The number of aryl methyl sites for hydroxylation is 1. The highest BCUT2D eigenvalue weighted by atomic mass is 16.3. The zero-order chi connectivity index (χ0) is 12.4. The Morgan fingerprint density at radius 1 is 1.35 bits per heavy atom. The van der Waals surface area contributed by atoms with E-state index in [4.69, 9.17) is 5.73 Å². The summed E-state index contributed by atoms with van der Waals surface area (Å²) in [5, 5.41) is 9.54. The van der Waals surface area contributed by atoms with Crippen LogP contribution in [0, 0.1) is 6.92 Å². The Balaban J connectivity index is 2.04. The minimum absolute atomic E-state index is 0.00476. The SMILES string of the molecule is Cc1ccc([C@H](C)C(N)N2CC[C@H](O)C2)cc1. The number of aliphatic hydroxyl groups is 1. The van der Waals surface area contributed by atoms with Gasteiger partial charge in [0, 0.05) is 19.0 Å². The molecule has 3 N–H and O–H groups in total. The highest BCUT2D eigenvalue weighted by Crippen LogP contribution is 2.23. The number of rotatable bonds is 3. The van der Waals surface area contributed by atoms with Crippen LogP contribution >= 0.6 is 0 Å². The molecule has 1 fully saturated rings. The van der Waals surface area contributed by atoms with E-state index in [1.54, 1.807) is 0 Å². The van der Waals surface area contributed by atoms with Crippen molar-refractivity contribution >= 4 is 0 Å². The van der Waals surface area contributed by atoms with E-state index in [1.165, 1.54) is 11.1 Å². The highest BCUT2D eigenvalue weighted by molar-refractivity contribution is 5.25. The van der Waals surface area contributed by atoms with Crippen molar-refractivity contribution < 1.29 is 5.11 Å². The molecule has 0 saturated carbocycles. The third kappa shape index (κ3) is 2.86. The summed E-state index contributed by atoms with van der Waals surface area (Å²) < 4.78 is 0. The highest BCUT2D eigenvalue weighted by Gasteiger charge is 2.28. The standard InChI is InChI=1S/C14H22N2O/c1-10-3-5-12(6-4-10)11(2)14(15)16-8-7-13(17)9-16/h3-6,11,13-14,17H,7-9,15H2,1-2H3/t11-,13-,14?/m0/s1. The van der Waals surface area contributed by atoms with Gasteiger partial charge < -0.3 is 10.8 Å². The van der Waals surface area contributed by atoms with Gasteiger partial charge in [0.1, 0.15) is 0 Å². The number of hydrogen-bond acceptors (Lipinski definition) is 3. The van der Waals surface area contributed by atoms with Crippen LogP contribution in [0.1, 0.15) is 30.4 Å². The van der Waals surface area contributed by atoms with Crippen LogP contribution in [0.25, 0.3) is 0 Å². The first-order chi connectivity index (χ1) is 8.08. The average Bonchev–Trinajstić information content (AvgIpc) is 2.75. The molecule has 1 heterocycles. The molecule has 17 heavy (non-hydrogen) atoms. The number of benzene rings is 1. The third-order valence-corrected chi connectivity index (χ3v) is 3.73. The predicted molar refractivity (Wildman–Crippen MR) is 69.8 cm³/mol. The van der Waals surface area contributed by atoms with Crippen molar-refractivity contribution in [3.63, 3.8) is 0 Å². The van der Waals surface area contributed by atoms with Crippen molar-refractivity contribution in [2.45, 2.75) is 38.5 Å². The lowest BCUT2D eigenvalue weighted by atomic mass is 9.97. The summed E-state index contributed by atoms with van der Waals surface area (Å²) in [7, 11) is 0. The van der Waals surface area contributed by atoms with Gasteiger partial charge in [0.15, 0.2) is 0 Å². The first kappa shape index (κ1) is 12.6. The molecule has 0 aromatic heterocycles. The predicted octanol–water partition coefficient (Wildman–Crippen LogP) is 1.45. The van der Waals surface area contributed by atoms with Crippen molar-refractivity contribution in [1.29, 1.82) is 0 Å². The lowest BCUT2D eigenvalue weighted by molar-refractivity contribution is 0.152. The van der Waals surface area contributed by atoms with Gasteiger partial charge in [-0.2, -0.15) is 0 Å². The zero-order valence-corrected chi connectivity index (χ0v) is 10.6. The molecule has 3 nitrogen and oxygen atoms in total. The lowest BCUT2D eigenvalue weighted by Gasteiger charge is -2.29. The fourth-order valence-corrected chi connectivity index (χ4v) is 2.42. The molecule has 1 aromatic rings. The van der Waals surface area contributed by atoms with E-state index in [1.807, 2.05) is 0 Å². The molecule has 94 valence electrons. The fraction of sp³-hybridized carbons (Fsp3) is 0.571. The van der Waals surface area contributed by atoms with Crippen LogP contribution in [-0.2, 0) is 0 Å². The van der Waals surface area contributed by atoms with Gasteiger partial charge in [0.2, 0.25) is 0 Å². The summed E-state index contributed by atoms with van der Waals surface area (Å²) >= 11 is 0. The van der Waals surface area contributed by atoms with E-state index in [0.717, 1.165) is 13.0 Å². The molecule has 0 amide bonds. The van der Waals surface area contributed by atoms with E-state index < -0.39 is 0 Å². The molecule has 3 atom stereocenters. The molecule has 1 aromatic carbocycles. The summed E-state index contributed by atoms with van der Waals surface area (Å²) in [6.07, 6.45) is 0.634. The number of nitrogens with two attached hydrogens (primary N) is 1. The van der Waals surface area contributed by atoms with E-state index in [9.17, 15) is 5.11 Å². The summed E-state index contributed by atoms with van der Waals surface area (Å²) in [5.74, 6) is 0.292. The largest absolute Gasteiger partial charge is 0.392 e. The average molecular weight is 234 g/mol. The monoisotopic (exact) mass is 234 g/mol. The number of aliphatic hydroxyl groups excluding tert-OH is 1. The first-order valence-electron chi connectivity index (χ1n) is 6.32. The maximum absolute atomic E-state index is 9.54. The zero-order valence-electron chi connectivity index (χ0n) is 10.6. The molecule has 1 aliphatic heterocycles. The third-order valence-electron chi connectivity index (χ3n) is 3.73. The maximum Gasteiger partial charge on any atom is 0.0679 e. The molecule has 1 aliphatic rings. The molecular weight excluding hydrogens is 212 g/mol. The van der Waals surface area contributed by atoms with Crippen LogP contribution in [0.3, 0.4) is 0 Å². The fourth-order valence-electron chi connectivity index (χ4n) is 2.42. The van der Waals surface area contributed by atoms with Gasteiger partial charge in [-0.25, -0.2) is 0 Å². The van der Waals surface area contributed by atoms with E-state index in [-0.39, 0.29) is 12.3 Å². The second-order valence-electron chi connectivity index (χ2n) is 5.13. The summed E-state index contributed by atoms with van der Waals surface area (Å²) in [4.78, 5) is 2.18. The molecule has 3 heteroatoms. The van der Waals surface area contributed by atoms with Crippen LogP contribution in [0.2, 0.25) is 0 Å². The van der Waals surface area contributed by atoms with Gasteiger partial charge in [-0.05, 0) is 18.9 Å². The second kappa shape index (κ2) is 5.17. The number of nitrogens with zero attached hydrogens (tertiary/aromatic N) is 1. The molecule has 1 unspecified atom stereocenters. The van der Waals surface area contributed by atoms with Crippen molar-refractivity contribution in [3.8, 4) is 0 Å². The van der Waals surface area contributed by atoms with Crippen LogP contribution in [0.5, 0.6) is 0 Å². The topological polar surface area (TPSA) is 49.5 Å². The van der Waals surface area contributed by atoms with Crippen LogP contribution in [0.4, 0.5) is 0 Å². The second-order valence-corrected chi connectivity index (χ2v) is 5.13. The van der Waals surface area contributed by atoms with E-state index in [2.05, 4.69) is 43.0 Å². The van der Waals surface area contributed by atoms with Crippen molar-refractivity contribution in [1.82, 2.24) is 4.90 Å². The van der Waals surface area contributed by atoms with Gasteiger partial charge in [0.05, 0.1) is 12.3 Å². The Bertz CT molecular complexity index is 363. The van der Waals surface area contributed by atoms with E-state index >= 15 is 0 Å². The van der Waals surface area contributed by atoms with Gasteiger partial charge >= 0.3 is 0 Å². The Morgan fingerprint density at radius 3 is 2.53 bits per heavy atom. The van der Waals surface area contributed by atoms with Crippen LogP contribution in [-0.4, -0.2) is 35.4 Å². The quantitative estimate of drug-likeness (QED) is 0.832. The van der Waals surface area contributed by atoms with Gasteiger partial charge in [-0.3, -0.25) is 4.90 Å². The maximum atomic E-state index is 9.54. The van der Waals surface area contributed by atoms with Crippen molar-refractivity contribution in [2.24, 2.45) is 5.73 Å². The van der Waals surface area contributed by atoms with Gasteiger partial charge in [0.25, 0.3) is 0 Å². The first-order valence-corrected chi connectivity index (χ1v) is 6.32. The lowest BCUT2D eigenvalue weighted by Crippen LogP contribution is -2.44. The normalized spacial score (nSPS) is 24.8. The number of β-amino-alcohol motifs (C(OH)–C–C–N with tert-alkyl or cyclic N) is 1. The Kier molecular flexibility index (Phi) is 3.82. The van der Waals surface area contributed by atoms with Crippen molar-refractivity contribution in [2.75, 3.05) is 13.1 Å². The van der Waals surface area contributed by atoms with Crippen molar-refractivity contribution in [3.05, 3.63) is 35.4 Å². The summed E-state index contributed by atoms with van der Waals surface area (Å²) in [5.41, 5.74) is 8.81. The molecular formula is C14H22N2O. The Hall–Kier alpha value is -0.900.